The number of carbonyl (C=O) groups is 2. The molecule has 0 saturated heterocycles. The highest BCUT2D eigenvalue weighted by Gasteiger charge is 2.47. The van der Waals surface area contributed by atoms with Crippen molar-refractivity contribution in [2.24, 2.45) is 0 Å². The van der Waals surface area contributed by atoms with Gasteiger partial charge in [-0.3, -0.25) is 4.79 Å². The van der Waals surface area contributed by atoms with Crippen molar-refractivity contribution in [3.05, 3.63) is 35.5 Å². The second-order valence-electron chi connectivity index (χ2n) is 7.15. The van der Waals surface area contributed by atoms with E-state index >= 15 is 0 Å². The molecule has 29 heavy (non-hydrogen) atoms. The van der Waals surface area contributed by atoms with E-state index in [2.05, 4.69) is 15.3 Å². The highest BCUT2D eigenvalue weighted by molar-refractivity contribution is 6.02. The lowest BCUT2D eigenvalue weighted by atomic mass is 10.1. The molecular formula is C19H21F2N5O3. The molecule has 8 nitrogen and oxygen atoms in total. The number of carboxylic acid groups (broad SMARTS) is 1. The van der Waals surface area contributed by atoms with Gasteiger partial charge in [-0.1, -0.05) is 0 Å². The van der Waals surface area contributed by atoms with Gasteiger partial charge >= 0.3 is 11.9 Å². The molecule has 1 aromatic heterocycles. The zero-order chi connectivity index (χ0) is 21.5. The van der Waals surface area contributed by atoms with E-state index in [1.165, 1.54) is 30.3 Å². The van der Waals surface area contributed by atoms with Crippen molar-refractivity contribution in [2.45, 2.75) is 32.7 Å². The molecule has 1 aliphatic heterocycles. The van der Waals surface area contributed by atoms with E-state index in [0.717, 1.165) is 4.90 Å². The number of alkyl halides is 2. The van der Waals surface area contributed by atoms with Gasteiger partial charge in [0.1, 0.15) is 5.69 Å². The quantitative estimate of drug-likeness (QED) is 0.807. The molecule has 0 atom stereocenters. The number of halogens is 2. The molecule has 2 N–H and O–H groups in total. The molecular weight excluding hydrogens is 384 g/mol. The predicted molar refractivity (Wildman–Crippen MR) is 104 cm³/mol. The summed E-state index contributed by atoms with van der Waals surface area (Å²) < 4.78 is 28.7. The Balaban J connectivity index is 2.02. The van der Waals surface area contributed by atoms with E-state index in [4.69, 9.17) is 5.11 Å². The molecule has 0 bridgehead atoms. The smallest absolute Gasteiger partial charge is 0.342 e. The first kappa shape index (κ1) is 20.4. The van der Waals surface area contributed by atoms with Crippen LogP contribution in [-0.2, 0) is 4.79 Å². The summed E-state index contributed by atoms with van der Waals surface area (Å²) in [7, 11) is 1.27. The van der Waals surface area contributed by atoms with Crippen LogP contribution < -0.4 is 15.1 Å². The van der Waals surface area contributed by atoms with Gasteiger partial charge in [0.2, 0.25) is 5.95 Å². The molecule has 0 aliphatic carbocycles. The van der Waals surface area contributed by atoms with Crippen molar-refractivity contribution >= 4 is 35.0 Å². The number of fused-ring (bicyclic) bond motifs is 1. The Bertz CT molecular complexity index is 980. The first-order valence-corrected chi connectivity index (χ1v) is 8.92. The lowest BCUT2D eigenvalue weighted by molar-refractivity contribution is -0.140. The number of anilines is 4. The zero-order valence-corrected chi connectivity index (χ0v) is 16.4. The Labute approximate surface area is 166 Å². The number of aromatic carboxylic acids is 1. The van der Waals surface area contributed by atoms with Crippen LogP contribution in [-0.4, -0.2) is 52.5 Å². The maximum atomic E-state index is 14.3. The normalized spacial score (nSPS) is 15.9. The standard InChI is InChI=1S/C19H21F2N5O3/c1-10(2)26-9-19(20,21)17(29)25(4)14-8-22-18(24-15(14)26)23-13-6-5-12(16(27)28)7-11(13)3/h5-8,10H,9H2,1-4H3,(H,27,28)(H,22,23,24). The van der Waals surface area contributed by atoms with E-state index in [-0.39, 0.29) is 29.1 Å². The molecule has 1 aliphatic rings. The van der Waals surface area contributed by atoms with Crippen molar-refractivity contribution in [1.29, 1.82) is 0 Å². The number of aromatic nitrogens is 2. The van der Waals surface area contributed by atoms with Crippen molar-refractivity contribution in [3.63, 3.8) is 0 Å². The van der Waals surface area contributed by atoms with Crippen LogP contribution in [0.5, 0.6) is 0 Å². The molecule has 0 saturated carbocycles. The minimum Gasteiger partial charge on any atom is -0.478 e. The second kappa shape index (κ2) is 7.26. The van der Waals surface area contributed by atoms with Crippen LogP contribution in [0.25, 0.3) is 0 Å². The van der Waals surface area contributed by atoms with Crippen LogP contribution in [0, 0.1) is 6.92 Å². The third kappa shape index (κ3) is 3.82. The van der Waals surface area contributed by atoms with Crippen molar-refractivity contribution in [1.82, 2.24) is 9.97 Å². The summed E-state index contributed by atoms with van der Waals surface area (Å²) in [6.45, 7) is 4.41. The third-order valence-corrected chi connectivity index (χ3v) is 4.71. The maximum absolute atomic E-state index is 14.3. The summed E-state index contributed by atoms with van der Waals surface area (Å²) in [4.78, 5) is 34.0. The number of carboxylic acids is 1. The number of aryl methyl sites for hydroxylation is 1. The Kier molecular flexibility index (Phi) is 5.12. The summed E-state index contributed by atoms with van der Waals surface area (Å²) in [5, 5.41) is 12.1. The molecule has 1 amide bonds. The van der Waals surface area contributed by atoms with Gasteiger partial charge in [0.15, 0.2) is 5.82 Å². The van der Waals surface area contributed by atoms with Crippen molar-refractivity contribution in [3.8, 4) is 0 Å². The average molecular weight is 405 g/mol. The molecule has 0 radical (unpaired) electrons. The van der Waals surface area contributed by atoms with Gasteiger partial charge in [0.05, 0.1) is 18.3 Å². The average Bonchev–Trinajstić information content (AvgIpc) is 2.72. The summed E-state index contributed by atoms with van der Waals surface area (Å²) in [6, 6.07) is 4.19. The number of carbonyl (C=O) groups excluding carboxylic acids is 1. The largest absolute Gasteiger partial charge is 0.478 e. The third-order valence-electron chi connectivity index (χ3n) is 4.71. The first-order valence-electron chi connectivity index (χ1n) is 8.92. The summed E-state index contributed by atoms with van der Waals surface area (Å²) in [5.41, 5.74) is 1.56. The molecule has 0 spiro atoms. The topological polar surface area (TPSA) is 98.7 Å². The number of amides is 1. The lowest BCUT2D eigenvalue weighted by Crippen LogP contribution is -2.47. The Morgan fingerprint density at radius 3 is 2.62 bits per heavy atom. The van der Waals surface area contributed by atoms with Gasteiger partial charge in [-0.25, -0.2) is 9.78 Å². The molecule has 2 aromatic rings. The van der Waals surface area contributed by atoms with Crippen molar-refractivity contribution < 1.29 is 23.5 Å². The molecule has 3 rings (SSSR count). The van der Waals surface area contributed by atoms with Gasteiger partial charge in [0.25, 0.3) is 5.91 Å². The second-order valence-corrected chi connectivity index (χ2v) is 7.15. The van der Waals surface area contributed by atoms with Crippen LogP contribution in [0.2, 0.25) is 0 Å². The number of nitrogens with zero attached hydrogens (tertiary/aromatic N) is 4. The van der Waals surface area contributed by atoms with E-state index in [1.54, 1.807) is 26.8 Å². The zero-order valence-electron chi connectivity index (χ0n) is 16.4. The number of rotatable bonds is 4. The molecule has 2 heterocycles. The van der Waals surface area contributed by atoms with Crippen LogP contribution in [0.1, 0.15) is 29.8 Å². The van der Waals surface area contributed by atoms with E-state index < -0.39 is 24.3 Å². The molecule has 0 fully saturated rings. The predicted octanol–water partition coefficient (Wildman–Crippen LogP) is 3.05. The van der Waals surface area contributed by atoms with Crippen LogP contribution in [0.3, 0.4) is 0 Å². The molecule has 0 unspecified atom stereocenters. The fraction of sp³-hybridized carbons (Fsp3) is 0.368. The van der Waals surface area contributed by atoms with Gasteiger partial charge < -0.3 is 20.2 Å². The monoisotopic (exact) mass is 405 g/mol. The minimum absolute atomic E-state index is 0.143. The first-order chi connectivity index (χ1) is 13.5. The molecule has 1 aromatic carbocycles. The summed E-state index contributed by atoms with van der Waals surface area (Å²) >= 11 is 0. The van der Waals surface area contributed by atoms with Crippen LogP contribution in [0.15, 0.2) is 24.4 Å². The van der Waals surface area contributed by atoms with Gasteiger partial charge in [0, 0.05) is 18.8 Å². The Morgan fingerprint density at radius 2 is 2.03 bits per heavy atom. The maximum Gasteiger partial charge on any atom is 0.342 e. The fourth-order valence-electron chi connectivity index (χ4n) is 3.07. The molecule has 154 valence electrons. The van der Waals surface area contributed by atoms with Gasteiger partial charge in [-0.15, -0.1) is 0 Å². The number of benzene rings is 1. The van der Waals surface area contributed by atoms with Gasteiger partial charge in [-0.2, -0.15) is 13.8 Å². The SMILES string of the molecule is Cc1cc(C(=O)O)ccc1Nc1ncc2c(n1)N(C(C)C)CC(F)(F)C(=O)N2C. The minimum atomic E-state index is -3.56. The fourth-order valence-corrected chi connectivity index (χ4v) is 3.07. The van der Waals surface area contributed by atoms with E-state index in [1.807, 2.05) is 0 Å². The number of nitrogens with one attached hydrogen (secondary N) is 1. The molecule has 10 heteroatoms. The summed E-state index contributed by atoms with van der Waals surface area (Å²) in [6.07, 6.45) is 1.32. The lowest BCUT2D eigenvalue weighted by Gasteiger charge is -2.29. The van der Waals surface area contributed by atoms with Gasteiger partial charge in [-0.05, 0) is 44.5 Å². The summed E-state index contributed by atoms with van der Waals surface area (Å²) in [5.74, 6) is -5.55. The Morgan fingerprint density at radius 1 is 1.34 bits per heavy atom. The Hall–Kier alpha value is -3.30. The highest BCUT2D eigenvalue weighted by Crippen LogP contribution is 2.36. The van der Waals surface area contributed by atoms with Crippen LogP contribution >= 0.6 is 0 Å². The van der Waals surface area contributed by atoms with Crippen molar-refractivity contribution in [2.75, 3.05) is 28.7 Å². The number of hydrogen-bond donors (Lipinski definition) is 2. The number of hydrogen-bond acceptors (Lipinski definition) is 6. The highest BCUT2D eigenvalue weighted by atomic mass is 19.3. The van der Waals surface area contributed by atoms with E-state index in [0.29, 0.717) is 11.3 Å². The van der Waals surface area contributed by atoms with Crippen LogP contribution in [0.4, 0.5) is 31.9 Å². The van der Waals surface area contributed by atoms with E-state index in [9.17, 15) is 18.4 Å².